The number of rotatable bonds is 5. The second-order valence-electron chi connectivity index (χ2n) is 3.74. The summed E-state index contributed by atoms with van der Waals surface area (Å²) in [6.07, 6.45) is 0. The number of hydrogen-bond acceptors (Lipinski definition) is 2. The van der Waals surface area contributed by atoms with Gasteiger partial charge >= 0.3 is 0 Å². The van der Waals surface area contributed by atoms with Crippen molar-refractivity contribution in [3.05, 3.63) is 29.8 Å². The first-order chi connectivity index (χ1) is 7.60. The van der Waals surface area contributed by atoms with Gasteiger partial charge in [0.1, 0.15) is 5.38 Å². The summed E-state index contributed by atoms with van der Waals surface area (Å²) < 4.78 is 0. The quantitative estimate of drug-likeness (QED) is 0.734. The molecule has 0 saturated heterocycles. The SMILES string of the molecule is CCN(CC)c1ccc(C(Cl)C(C)=O)cc1. The fourth-order valence-electron chi connectivity index (χ4n) is 1.68. The normalized spacial score (nSPS) is 12.2. The molecule has 0 spiro atoms. The zero-order valence-corrected chi connectivity index (χ0v) is 10.8. The molecule has 1 unspecified atom stereocenters. The number of hydrogen-bond donors (Lipinski definition) is 0. The predicted molar refractivity (Wildman–Crippen MR) is 69.3 cm³/mol. The maximum absolute atomic E-state index is 11.1. The molecule has 1 rings (SSSR count). The van der Waals surface area contributed by atoms with E-state index in [9.17, 15) is 4.79 Å². The number of ketones is 1. The Morgan fingerprint density at radius 1 is 1.25 bits per heavy atom. The Morgan fingerprint density at radius 2 is 1.75 bits per heavy atom. The van der Waals surface area contributed by atoms with Gasteiger partial charge in [0.2, 0.25) is 0 Å². The number of halogens is 1. The van der Waals surface area contributed by atoms with Gasteiger partial charge in [-0.05, 0) is 38.5 Å². The Hall–Kier alpha value is -1.02. The van der Waals surface area contributed by atoms with Crippen molar-refractivity contribution in [1.82, 2.24) is 0 Å². The van der Waals surface area contributed by atoms with Gasteiger partial charge in [-0.3, -0.25) is 4.79 Å². The number of Topliss-reactive ketones (excluding diaryl/α,β-unsaturated/α-hetero) is 1. The summed E-state index contributed by atoms with van der Waals surface area (Å²) in [5, 5.41) is -0.522. The topological polar surface area (TPSA) is 20.3 Å². The summed E-state index contributed by atoms with van der Waals surface area (Å²) in [4.78, 5) is 13.4. The lowest BCUT2D eigenvalue weighted by Gasteiger charge is -2.21. The summed E-state index contributed by atoms with van der Waals surface area (Å²) >= 11 is 5.98. The number of anilines is 1. The minimum absolute atomic E-state index is 0.0164. The summed E-state index contributed by atoms with van der Waals surface area (Å²) in [5.74, 6) is -0.0164. The Bertz CT molecular complexity index is 343. The lowest BCUT2D eigenvalue weighted by molar-refractivity contribution is -0.116. The molecule has 0 aliphatic heterocycles. The molecule has 0 fully saturated rings. The molecule has 0 saturated carbocycles. The van der Waals surface area contributed by atoms with E-state index in [1.165, 1.54) is 12.6 Å². The van der Waals surface area contributed by atoms with Crippen molar-refractivity contribution in [3.63, 3.8) is 0 Å². The van der Waals surface area contributed by atoms with Gasteiger partial charge in [0.05, 0.1) is 0 Å². The molecule has 0 aliphatic carbocycles. The van der Waals surface area contributed by atoms with E-state index in [-0.39, 0.29) is 5.78 Å². The third-order valence-electron chi connectivity index (χ3n) is 2.67. The number of benzene rings is 1. The first-order valence-corrected chi connectivity index (χ1v) is 6.03. The highest BCUT2D eigenvalue weighted by atomic mass is 35.5. The fourth-order valence-corrected chi connectivity index (χ4v) is 1.82. The number of carbonyl (C=O) groups excluding carboxylic acids is 1. The highest BCUT2D eigenvalue weighted by molar-refractivity contribution is 6.30. The Labute approximate surface area is 102 Å². The van der Waals surface area contributed by atoms with Crippen LogP contribution >= 0.6 is 11.6 Å². The third kappa shape index (κ3) is 2.99. The van der Waals surface area contributed by atoms with Crippen LogP contribution in [-0.2, 0) is 4.79 Å². The third-order valence-corrected chi connectivity index (χ3v) is 3.23. The molecule has 0 N–H and O–H groups in total. The highest BCUT2D eigenvalue weighted by Gasteiger charge is 2.12. The van der Waals surface area contributed by atoms with Crippen LogP contribution in [-0.4, -0.2) is 18.9 Å². The minimum atomic E-state index is -0.522. The largest absolute Gasteiger partial charge is 0.372 e. The molecule has 2 nitrogen and oxygen atoms in total. The second kappa shape index (κ2) is 5.90. The lowest BCUT2D eigenvalue weighted by Crippen LogP contribution is -2.21. The van der Waals surface area contributed by atoms with E-state index in [1.54, 1.807) is 0 Å². The first kappa shape index (κ1) is 13.0. The molecule has 0 amide bonds. The van der Waals surface area contributed by atoms with E-state index >= 15 is 0 Å². The minimum Gasteiger partial charge on any atom is -0.372 e. The molecule has 0 aliphatic rings. The Morgan fingerprint density at radius 3 is 2.12 bits per heavy atom. The lowest BCUT2D eigenvalue weighted by atomic mass is 10.1. The molecule has 0 bridgehead atoms. The van der Waals surface area contributed by atoms with Crippen molar-refractivity contribution in [1.29, 1.82) is 0 Å². The maximum Gasteiger partial charge on any atom is 0.152 e. The Kier molecular flexibility index (Phi) is 4.81. The standard InChI is InChI=1S/C13H18ClNO/c1-4-15(5-2)12-8-6-11(7-9-12)13(14)10(3)16/h6-9,13H,4-5H2,1-3H3. The smallest absolute Gasteiger partial charge is 0.152 e. The predicted octanol–water partition coefficient (Wildman–Crippen LogP) is 3.40. The average Bonchev–Trinajstić information content (AvgIpc) is 2.30. The van der Waals surface area contributed by atoms with Gasteiger partial charge in [-0.15, -0.1) is 11.6 Å². The van der Waals surface area contributed by atoms with E-state index in [2.05, 4.69) is 18.7 Å². The van der Waals surface area contributed by atoms with Crippen LogP contribution in [0.3, 0.4) is 0 Å². The van der Waals surface area contributed by atoms with E-state index in [4.69, 9.17) is 11.6 Å². The van der Waals surface area contributed by atoms with Crippen molar-refractivity contribution in [2.24, 2.45) is 0 Å². The van der Waals surface area contributed by atoms with Crippen molar-refractivity contribution < 1.29 is 4.79 Å². The van der Waals surface area contributed by atoms with Crippen LogP contribution in [0.15, 0.2) is 24.3 Å². The summed E-state index contributed by atoms with van der Waals surface area (Å²) in [5.41, 5.74) is 2.03. The van der Waals surface area contributed by atoms with Crippen LogP contribution in [0, 0.1) is 0 Å². The average molecular weight is 240 g/mol. The van der Waals surface area contributed by atoms with E-state index in [1.807, 2.05) is 24.3 Å². The van der Waals surface area contributed by atoms with Crippen LogP contribution < -0.4 is 4.90 Å². The molecule has 0 aromatic heterocycles. The number of alkyl halides is 1. The molecular formula is C13H18ClNO. The molecule has 3 heteroatoms. The number of carbonyl (C=O) groups is 1. The number of nitrogens with zero attached hydrogens (tertiary/aromatic N) is 1. The van der Waals surface area contributed by atoms with Gasteiger partial charge < -0.3 is 4.90 Å². The maximum atomic E-state index is 11.1. The zero-order valence-electron chi connectivity index (χ0n) is 10.0. The van der Waals surface area contributed by atoms with Crippen molar-refractivity contribution in [2.45, 2.75) is 26.1 Å². The highest BCUT2D eigenvalue weighted by Crippen LogP contribution is 2.24. The van der Waals surface area contributed by atoms with Gasteiger partial charge in [-0.1, -0.05) is 12.1 Å². The van der Waals surface area contributed by atoms with Gasteiger partial charge in [-0.25, -0.2) is 0 Å². The van der Waals surface area contributed by atoms with Crippen LogP contribution in [0.2, 0.25) is 0 Å². The molecule has 88 valence electrons. The van der Waals surface area contributed by atoms with Crippen molar-refractivity contribution in [3.8, 4) is 0 Å². The first-order valence-electron chi connectivity index (χ1n) is 5.59. The van der Waals surface area contributed by atoms with Gasteiger partial charge in [-0.2, -0.15) is 0 Å². The van der Waals surface area contributed by atoms with Crippen LogP contribution in [0.25, 0.3) is 0 Å². The van der Waals surface area contributed by atoms with Crippen LogP contribution in [0.1, 0.15) is 31.7 Å². The van der Waals surface area contributed by atoms with Crippen molar-refractivity contribution >= 4 is 23.1 Å². The molecule has 0 heterocycles. The van der Waals surface area contributed by atoms with E-state index in [0.29, 0.717) is 0 Å². The van der Waals surface area contributed by atoms with E-state index in [0.717, 1.165) is 18.7 Å². The monoisotopic (exact) mass is 239 g/mol. The molecule has 1 atom stereocenters. The Balaban J connectivity index is 2.86. The molecule has 0 radical (unpaired) electrons. The summed E-state index contributed by atoms with van der Waals surface area (Å²) in [6, 6.07) is 7.88. The molecule has 1 aromatic rings. The van der Waals surface area contributed by atoms with Crippen molar-refractivity contribution in [2.75, 3.05) is 18.0 Å². The zero-order chi connectivity index (χ0) is 12.1. The van der Waals surface area contributed by atoms with Gasteiger partial charge in [0, 0.05) is 18.8 Å². The summed E-state index contributed by atoms with van der Waals surface area (Å²) in [7, 11) is 0. The molecule has 16 heavy (non-hydrogen) atoms. The molecular weight excluding hydrogens is 222 g/mol. The van der Waals surface area contributed by atoms with Gasteiger partial charge in [0.15, 0.2) is 5.78 Å². The van der Waals surface area contributed by atoms with Crippen LogP contribution in [0.5, 0.6) is 0 Å². The van der Waals surface area contributed by atoms with E-state index < -0.39 is 5.38 Å². The van der Waals surface area contributed by atoms with Gasteiger partial charge in [0.25, 0.3) is 0 Å². The fraction of sp³-hybridized carbons (Fsp3) is 0.462. The molecule has 1 aromatic carbocycles. The second-order valence-corrected chi connectivity index (χ2v) is 4.17. The van der Waals surface area contributed by atoms with Crippen LogP contribution in [0.4, 0.5) is 5.69 Å². The summed E-state index contributed by atoms with van der Waals surface area (Å²) in [6.45, 7) is 7.71.